The summed E-state index contributed by atoms with van der Waals surface area (Å²) in [5.74, 6) is 0.566. The van der Waals surface area contributed by atoms with E-state index in [9.17, 15) is 4.79 Å². The van der Waals surface area contributed by atoms with Gasteiger partial charge in [0.1, 0.15) is 5.82 Å². The minimum absolute atomic E-state index is 0.0220. The predicted octanol–water partition coefficient (Wildman–Crippen LogP) is 2.01. The number of rotatable bonds is 3. The summed E-state index contributed by atoms with van der Waals surface area (Å²) in [6.45, 7) is 1.93. The molecule has 0 saturated heterocycles. The Morgan fingerprint density at radius 1 is 1.48 bits per heavy atom. The van der Waals surface area contributed by atoms with Crippen molar-refractivity contribution in [2.45, 2.75) is 32.2 Å². The van der Waals surface area contributed by atoms with Gasteiger partial charge in [-0.2, -0.15) is 5.10 Å². The third kappa shape index (κ3) is 2.56. The Hall–Kier alpha value is -2.14. The van der Waals surface area contributed by atoms with Gasteiger partial charge in [-0.1, -0.05) is 24.3 Å². The van der Waals surface area contributed by atoms with Crippen LogP contribution in [0.5, 0.6) is 0 Å². The number of nitrogens with two attached hydrogens (primary N) is 1. The zero-order valence-electron chi connectivity index (χ0n) is 12.2. The Morgan fingerprint density at radius 3 is 3.10 bits per heavy atom. The van der Waals surface area contributed by atoms with Gasteiger partial charge in [-0.3, -0.25) is 4.79 Å². The van der Waals surface area contributed by atoms with Crippen LogP contribution in [0.4, 0.5) is 5.82 Å². The van der Waals surface area contributed by atoms with E-state index in [0.717, 1.165) is 30.6 Å². The van der Waals surface area contributed by atoms with Crippen LogP contribution in [0.3, 0.4) is 0 Å². The Labute approximate surface area is 124 Å². The minimum Gasteiger partial charge on any atom is -0.322 e. The highest BCUT2D eigenvalue weighted by Crippen LogP contribution is 2.34. The molecule has 1 heterocycles. The van der Waals surface area contributed by atoms with Crippen LogP contribution in [0.25, 0.3) is 0 Å². The lowest BCUT2D eigenvalue weighted by molar-refractivity contribution is -0.115. The monoisotopic (exact) mass is 284 g/mol. The molecule has 0 spiro atoms. The number of aryl methyl sites for hydroxylation is 2. The number of carbonyl (C=O) groups excluding carboxylic acids is 1. The Kier molecular flexibility index (Phi) is 3.75. The predicted molar refractivity (Wildman–Crippen MR) is 82.2 cm³/mol. The fourth-order valence-electron chi connectivity index (χ4n) is 3.01. The van der Waals surface area contributed by atoms with Gasteiger partial charge in [0.15, 0.2) is 0 Å². The molecule has 3 rings (SSSR count). The first-order chi connectivity index (χ1) is 10.2. The highest BCUT2D eigenvalue weighted by Gasteiger charge is 2.25. The molecule has 1 amide bonds. The molecule has 1 aliphatic rings. The molecule has 0 bridgehead atoms. The van der Waals surface area contributed by atoms with Gasteiger partial charge in [-0.15, -0.1) is 0 Å². The van der Waals surface area contributed by atoms with Gasteiger partial charge < -0.3 is 11.1 Å². The number of nitrogens with zero attached hydrogens (tertiary/aromatic N) is 2. The van der Waals surface area contributed by atoms with Crippen molar-refractivity contribution in [1.82, 2.24) is 9.78 Å². The van der Waals surface area contributed by atoms with Crippen LogP contribution >= 0.6 is 0 Å². The van der Waals surface area contributed by atoms with E-state index in [2.05, 4.69) is 34.7 Å². The van der Waals surface area contributed by atoms with Crippen molar-refractivity contribution in [2.75, 3.05) is 11.9 Å². The van der Waals surface area contributed by atoms with Gasteiger partial charge in [0.2, 0.25) is 5.91 Å². The molecule has 1 aromatic heterocycles. The van der Waals surface area contributed by atoms with Crippen molar-refractivity contribution in [3.05, 3.63) is 47.2 Å². The number of benzene rings is 1. The van der Waals surface area contributed by atoms with Crippen LogP contribution in [-0.2, 0) is 11.2 Å². The van der Waals surface area contributed by atoms with Crippen LogP contribution in [0.15, 0.2) is 30.5 Å². The number of hydrogen-bond donors (Lipinski definition) is 2. The average Bonchev–Trinajstić information content (AvgIpc) is 2.87. The molecule has 0 aliphatic heterocycles. The number of amides is 1. The molecule has 0 saturated carbocycles. The van der Waals surface area contributed by atoms with Crippen molar-refractivity contribution >= 4 is 11.7 Å². The number of hydrogen-bond acceptors (Lipinski definition) is 3. The Morgan fingerprint density at radius 2 is 2.29 bits per heavy atom. The summed E-state index contributed by atoms with van der Waals surface area (Å²) in [5.41, 5.74) is 9.03. The molecular formula is C16H20N4O. The molecule has 5 heteroatoms. The smallest absolute Gasteiger partial charge is 0.239 e. The summed E-state index contributed by atoms with van der Waals surface area (Å²) in [5, 5.41) is 7.36. The molecule has 1 atom stereocenters. The van der Waals surface area contributed by atoms with E-state index in [0.29, 0.717) is 0 Å². The second kappa shape index (κ2) is 5.69. The molecule has 5 nitrogen and oxygen atoms in total. The molecule has 1 aliphatic carbocycles. The Bertz CT molecular complexity index is 662. The fraction of sp³-hybridized carbons (Fsp3) is 0.375. The van der Waals surface area contributed by atoms with E-state index in [1.54, 1.807) is 6.20 Å². The number of anilines is 1. The van der Waals surface area contributed by atoms with Gasteiger partial charge in [-0.05, 0) is 37.3 Å². The van der Waals surface area contributed by atoms with Gasteiger partial charge in [0.05, 0.1) is 18.8 Å². The first-order valence-electron chi connectivity index (χ1n) is 7.32. The summed E-state index contributed by atoms with van der Waals surface area (Å²) in [6.07, 6.45) is 5.06. The van der Waals surface area contributed by atoms with Crippen LogP contribution < -0.4 is 11.1 Å². The SMILES string of the molecule is Cc1cnn(C2CCCc3ccccc32)c1NC(=O)CN. The summed E-state index contributed by atoms with van der Waals surface area (Å²) in [6, 6.07) is 8.65. The second-order valence-corrected chi connectivity index (χ2v) is 5.48. The minimum atomic E-state index is -0.191. The summed E-state index contributed by atoms with van der Waals surface area (Å²) >= 11 is 0. The number of nitrogens with one attached hydrogen (secondary N) is 1. The molecule has 3 N–H and O–H groups in total. The van der Waals surface area contributed by atoms with Crippen molar-refractivity contribution in [1.29, 1.82) is 0 Å². The first kappa shape index (κ1) is 13.8. The largest absolute Gasteiger partial charge is 0.322 e. The first-order valence-corrected chi connectivity index (χ1v) is 7.32. The van der Waals surface area contributed by atoms with E-state index in [1.165, 1.54) is 11.1 Å². The van der Waals surface area contributed by atoms with E-state index in [1.807, 2.05) is 11.6 Å². The summed E-state index contributed by atoms with van der Waals surface area (Å²) < 4.78 is 1.93. The van der Waals surface area contributed by atoms with Crippen molar-refractivity contribution in [2.24, 2.45) is 5.73 Å². The van der Waals surface area contributed by atoms with Crippen molar-refractivity contribution in [3.8, 4) is 0 Å². The standard InChI is InChI=1S/C16H20N4O/c1-11-10-18-20(16(11)19-15(21)9-17)14-8-4-6-12-5-2-3-7-13(12)14/h2-3,5,7,10,14H,4,6,8-9,17H2,1H3,(H,19,21). The Balaban J connectivity index is 2.00. The third-order valence-electron chi connectivity index (χ3n) is 4.05. The number of carbonyl (C=O) groups is 1. The number of fused-ring (bicyclic) bond motifs is 1. The van der Waals surface area contributed by atoms with Crippen molar-refractivity contribution < 1.29 is 4.79 Å². The highest BCUT2D eigenvalue weighted by molar-refractivity contribution is 5.91. The maximum atomic E-state index is 11.6. The molecule has 0 radical (unpaired) electrons. The van der Waals surface area contributed by atoms with Crippen LogP contribution in [0.1, 0.15) is 35.6 Å². The van der Waals surface area contributed by atoms with Crippen LogP contribution in [-0.4, -0.2) is 22.2 Å². The molecular weight excluding hydrogens is 264 g/mol. The zero-order valence-corrected chi connectivity index (χ0v) is 12.2. The quantitative estimate of drug-likeness (QED) is 0.905. The van der Waals surface area contributed by atoms with Gasteiger partial charge >= 0.3 is 0 Å². The molecule has 1 unspecified atom stereocenters. The summed E-state index contributed by atoms with van der Waals surface area (Å²) in [7, 11) is 0. The molecule has 110 valence electrons. The third-order valence-corrected chi connectivity index (χ3v) is 4.05. The van der Waals surface area contributed by atoms with E-state index in [4.69, 9.17) is 5.73 Å². The lowest BCUT2D eigenvalue weighted by Gasteiger charge is -2.27. The maximum absolute atomic E-state index is 11.6. The molecule has 2 aromatic rings. The zero-order chi connectivity index (χ0) is 14.8. The maximum Gasteiger partial charge on any atom is 0.239 e. The van der Waals surface area contributed by atoms with Crippen LogP contribution in [0.2, 0.25) is 0 Å². The van der Waals surface area contributed by atoms with Gasteiger partial charge in [0.25, 0.3) is 0 Å². The van der Waals surface area contributed by atoms with Gasteiger partial charge in [-0.25, -0.2) is 4.68 Å². The fourth-order valence-corrected chi connectivity index (χ4v) is 3.01. The van der Waals surface area contributed by atoms with E-state index >= 15 is 0 Å². The highest BCUT2D eigenvalue weighted by atomic mass is 16.1. The van der Waals surface area contributed by atoms with E-state index in [-0.39, 0.29) is 18.5 Å². The van der Waals surface area contributed by atoms with Crippen LogP contribution in [0, 0.1) is 6.92 Å². The van der Waals surface area contributed by atoms with Crippen molar-refractivity contribution in [3.63, 3.8) is 0 Å². The lowest BCUT2D eigenvalue weighted by Crippen LogP contribution is -2.26. The average molecular weight is 284 g/mol. The molecule has 21 heavy (non-hydrogen) atoms. The normalized spacial score (nSPS) is 17.3. The van der Waals surface area contributed by atoms with Gasteiger partial charge in [0, 0.05) is 5.56 Å². The summed E-state index contributed by atoms with van der Waals surface area (Å²) in [4.78, 5) is 11.6. The topological polar surface area (TPSA) is 72.9 Å². The lowest BCUT2D eigenvalue weighted by atomic mass is 9.88. The second-order valence-electron chi connectivity index (χ2n) is 5.48. The van der Waals surface area contributed by atoms with E-state index < -0.39 is 0 Å². The number of aromatic nitrogens is 2. The molecule has 1 aromatic carbocycles. The molecule has 0 fully saturated rings.